The van der Waals surface area contributed by atoms with Crippen molar-refractivity contribution in [2.75, 3.05) is 44.3 Å². The molecule has 2 N–H and O–H groups in total. The molecule has 1 aromatic rings. The molecule has 9 heteroatoms. The minimum atomic E-state index is -3.05. The molecule has 0 aromatic carbocycles. The van der Waals surface area contributed by atoms with Crippen LogP contribution in [-0.2, 0) is 9.84 Å². The minimum absolute atomic E-state index is 0.151. The van der Waals surface area contributed by atoms with Crippen molar-refractivity contribution in [3.63, 3.8) is 0 Å². The van der Waals surface area contributed by atoms with Crippen molar-refractivity contribution in [2.45, 2.75) is 18.6 Å². The number of anilines is 1. The molecule has 0 aliphatic carbocycles. The lowest BCUT2D eigenvalue weighted by atomic mass is 10.2. The molecule has 1 saturated heterocycles. The third kappa shape index (κ3) is 4.31. The first-order chi connectivity index (χ1) is 10.9. The van der Waals surface area contributed by atoms with Crippen molar-refractivity contribution >= 4 is 21.6 Å². The highest BCUT2D eigenvalue weighted by Crippen LogP contribution is 2.23. The summed E-state index contributed by atoms with van der Waals surface area (Å²) in [6.07, 6.45) is 4.91. The van der Waals surface area contributed by atoms with Gasteiger partial charge >= 0.3 is 0 Å². The van der Waals surface area contributed by atoms with Gasteiger partial charge in [-0.25, -0.2) is 13.4 Å². The summed E-state index contributed by atoms with van der Waals surface area (Å²) >= 11 is 0. The van der Waals surface area contributed by atoms with Gasteiger partial charge in [-0.05, 0) is 13.8 Å². The van der Waals surface area contributed by atoms with Crippen LogP contribution in [0.15, 0.2) is 23.6 Å². The fourth-order valence-electron chi connectivity index (χ4n) is 2.41. The first-order valence-corrected chi connectivity index (χ1v) is 9.19. The zero-order valence-corrected chi connectivity index (χ0v) is 14.6. The highest BCUT2D eigenvalue weighted by atomic mass is 32.2. The summed E-state index contributed by atoms with van der Waals surface area (Å²) < 4.78 is 23.4. The van der Waals surface area contributed by atoms with Crippen molar-refractivity contribution < 1.29 is 8.42 Å². The molecule has 0 bridgehead atoms. The third-order valence-corrected chi connectivity index (χ3v) is 6.37. The Bertz CT molecular complexity index is 644. The number of hydrogen-bond donors (Lipinski definition) is 2. The fourth-order valence-corrected chi connectivity index (χ4v) is 3.78. The standard InChI is InChI=1S/C14H24N6O2S/c1-14(2)11-20(8-9-23(14,21)22)13(15-3)19-7-6-18-12-10-16-4-5-17-12/h4-5,10H,6-9,11H2,1-3H3,(H,15,19)(H,17,18). The SMILES string of the molecule is CN=C(NCCNc1cnccn1)N1CCS(=O)(=O)C(C)(C)C1. The molecule has 0 saturated carbocycles. The van der Waals surface area contributed by atoms with Gasteiger partial charge in [0.05, 0.1) is 16.7 Å². The number of hydrogen-bond acceptors (Lipinski definition) is 6. The molecule has 0 atom stereocenters. The topological polar surface area (TPSA) is 99.6 Å². The highest BCUT2D eigenvalue weighted by Gasteiger charge is 2.40. The summed E-state index contributed by atoms with van der Waals surface area (Å²) in [6, 6.07) is 0. The molecule has 0 spiro atoms. The molecule has 0 amide bonds. The summed E-state index contributed by atoms with van der Waals surface area (Å²) in [5.74, 6) is 1.59. The third-order valence-electron chi connectivity index (χ3n) is 3.83. The van der Waals surface area contributed by atoms with E-state index in [2.05, 4.69) is 25.6 Å². The fraction of sp³-hybridized carbons (Fsp3) is 0.643. The quantitative estimate of drug-likeness (QED) is 0.451. The van der Waals surface area contributed by atoms with Crippen molar-refractivity contribution in [3.8, 4) is 0 Å². The average Bonchev–Trinajstić information content (AvgIpc) is 2.51. The van der Waals surface area contributed by atoms with Gasteiger partial charge in [0.1, 0.15) is 5.82 Å². The monoisotopic (exact) mass is 340 g/mol. The predicted molar refractivity (Wildman–Crippen MR) is 91.3 cm³/mol. The number of aliphatic imine (C=N–C) groups is 1. The first-order valence-electron chi connectivity index (χ1n) is 7.53. The Labute approximate surface area is 137 Å². The Kier molecular flexibility index (Phi) is 5.40. The van der Waals surface area contributed by atoms with Gasteiger partial charge in [0.2, 0.25) is 0 Å². The Morgan fingerprint density at radius 2 is 2.17 bits per heavy atom. The van der Waals surface area contributed by atoms with E-state index in [1.54, 1.807) is 39.5 Å². The number of sulfone groups is 1. The number of rotatable bonds is 4. The minimum Gasteiger partial charge on any atom is -0.367 e. The summed E-state index contributed by atoms with van der Waals surface area (Å²) in [4.78, 5) is 14.4. The van der Waals surface area contributed by atoms with Crippen molar-refractivity contribution in [1.29, 1.82) is 0 Å². The molecule has 1 aliphatic heterocycles. The van der Waals surface area contributed by atoms with E-state index in [0.29, 0.717) is 32.1 Å². The second-order valence-corrected chi connectivity index (χ2v) is 8.73. The maximum atomic E-state index is 12.1. The summed E-state index contributed by atoms with van der Waals surface area (Å²) in [5.41, 5.74) is 0. The van der Waals surface area contributed by atoms with Crippen LogP contribution >= 0.6 is 0 Å². The highest BCUT2D eigenvalue weighted by molar-refractivity contribution is 7.92. The van der Waals surface area contributed by atoms with E-state index in [1.165, 1.54) is 0 Å². The van der Waals surface area contributed by atoms with Gasteiger partial charge < -0.3 is 15.5 Å². The normalized spacial score (nSPS) is 20.1. The molecule has 1 aliphatic rings. The van der Waals surface area contributed by atoms with Gasteiger partial charge in [-0.15, -0.1) is 0 Å². The molecule has 8 nitrogen and oxygen atoms in total. The van der Waals surface area contributed by atoms with E-state index in [1.807, 2.05) is 4.90 Å². The number of nitrogens with one attached hydrogen (secondary N) is 2. The molecule has 128 valence electrons. The van der Waals surface area contributed by atoms with Gasteiger partial charge in [0, 0.05) is 45.6 Å². The van der Waals surface area contributed by atoms with Crippen LogP contribution < -0.4 is 10.6 Å². The predicted octanol–water partition coefficient (Wildman–Crippen LogP) is -0.0271. The maximum Gasteiger partial charge on any atom is 0.193 e. The Morgan fingerprint density at radius 3 is 2.78 bits per heavy atom. The van der Waals surface area contributed by atoms with Crippen LogP contribution in [0, 0.1) is 0 Å². The lowest BCUT2D eigenvalue weighted by Crippen LogP contribution is -2.57. The molecular weight excluding hydrogens is 316 g/mol. The van der Waals surface area contributed by atoms with Gasteiger partial charge in [-0.2, -0.15) is 0 Å². The van der Waals surface area contributed by atoms with E-state index in [4.69, 9.17) is 0 Å². The first kappa shape index (κ1) is 17.5. The van der Waals surface area contributed by atoms with E-state index >= 15 is 0 Å². The average molecular weight is 340 g/mol. The van der Waals surface area contributed by atoms with Crippen LogP contribution in [0.3, 0.4) is 0 Å². The van der Waals surface area contributed by atoms with E-state index in [-0.39, 0.29) is 5.75 Å². The molecule has 1 aromatic heterocycles. The van der Waals surface area contributed by atoms with Gasteiger partial charge in [0.25, 0.3) is 0 Å². The van der Waals surface area contributed by atoms with Crippen LogP contribution in [0.2, 0.25) is 0 Å². The molecule has 0 unspecified atom stereocenters. The van der Waals surface area contributed by atoms with Crippen LogP contribution in [-0.4, -0.2) is 73.0 Å². The molecule has 0 radical (unpaired) electrons. The zero-order chi connectivity index (χ0) is 16.9. The van der Waals surface area contributed by atoms with Crippen molar-refractivity contribution in [2.24, 2.45) is 4.99 Å². The van der Waals surface area contributed by atoms with E-state index in [9.17, 15) is 8.42 Å². The van der Waals surface area contributed by atoms with Gasteiger partial charge in [-0.3, -0.25) is 9.98 Å². The second kappa shape index (κ2) is 7.12. The molecular formula is C14H24N6O2S. The lowest BCUT2D eigenvalue weighted by Gasteiger charge is -2.39. The largest absolute Gasteiger partial charge is 0.367 e. The summed E-state index contributed by atoms with van der Waals surface area (Å²) in [5, 5.41) is 6.40. The van der Waals surface area contributed by atoms with Crippen molar-refractivity contribution in [1.82, 2.24) is 20.2 Å². The molecule has 2 heterocycles. The second-order valence-electron chi connectivity index (χ2n) is 5.99. The summed E-state index contributed by atoms with van der Waals surface area (Å²) in [6.45, 7) is 5.73. The van der Waals surface area contributed by atoms with Crippen molar-refractivity contribution in [3.05, 3.63) is 18.6 Å². The summed E-state index contributed by atoms with van der Waals surface area (Å²) in [7, 11) is -1.35. The smallest absolute Gasteiger partial charge is 0.193 e. The van der Waals surface area contributed by atoms with Crippen LogP contribution in [0.5, 0.6) is 0 Å². The lowest BCUT2D eigenvalue weighted by molar-refractivity contribution is 0.354. The van der Waals surface area contributed by atoms with Crippen LogP contribution in [0.4, 0.5) is 5.82 Å². The van der Waals surface area contributed by atoms with Crippen LogP contribution in [0.1, 0.15) is 13.8 Å². The molecule has 23 heavy (non-hydrogen) atoms. The molecule has 2 rings (SSSR count). The van der Waals surface area contributed by atoms with Gasteiger partial charge in [0.15, 0.2) is 15.8 Å². The zero-order valence-electron chi connectivity index (χ0n) is 13.8. The molecule has 1 fully saturated rings. The Morgan fingerprint density at radius 1 is 1.39 bits per heavy atom. The van der Waals surface area contributed by atoms with Gasteiger partial charge in [-0.1, -0.05) is 0 Å². The number of aromatic nitrogens is 2. The van der Waals surface area contributed by atoms with E-state index < -0.39 is 14.6 Å². The Balaban J connectivity index is 1.84. The Hall–Kier alpha value is -1.90. The number of nitrogens with zero attached hydrogens (tertiary/aromatic N) is 4. The maximum absolute atomic E-state index is 12.1. The number of guanidine groups is 1. The van der Waals surface area contributed by atoms with E-state index in [0.717, 1.165) is 5.82 Å². The van der Waals surface area contributed by atoms with Crippen LogP contribution in [0.25, 0.3) is 0 Å².